The van der Waals surface area contributed by atoms with Gasteiger partial charge < -0.3 is 20.1 Å². The van der Waals surface area contributed by atoms with Crippen LogP contribution in [0.25, 0.3) is 0 Å². The zero-order valence-corrected chi connectivity index (χ0v) is 12.3. The predicted octanol–water partition coefficient (Wildman–Crippen LogP) is 2.82. The average Bonchev–Trinajstić information content (AvgIpc) is 2.91. The van der Waals surface area contributed by atoms with Crippen molar-refractivity contribution in [2.75, 3.05) is 11.9 Å². The summed E-state index contributed by atoms with van der Waals surface area (Å²) in [6, 6.07) is 6.96. The molecule has 0 saturated carbocycles. The van der Waals surface area contributed by atoms with Crippen molar-refractivity contribution in [3.63, 3.8) is 0 Å². The lowest BCUT2D eigenvalue weighted by Gasteiger charge is -2.08. The van der Waals surface area contributed by atoms with Crippen LogP contribution in [0, 0.1) is 6.92 Å². The molecule has 0 aliphatic carbocycles. The van der Waals surface area contributed by atoms with E-state index in [0.29, 0.717) is 30.0 Å². The molecule has 1 aromatic heterocycles. The molecule has 0 aliphatic rings. The number of benzene rings is 1. The van der Waals surface area contributed by atoms with Crippen LogP contribution in [0.1, 0.15) is 28.8 Å². The van der Waals surface area contributed by atoms with E-state index >= 15 is 0 Å². The second-order valence-electron chi connectivity index (χ2n) is 4.88. The Hall–Kier alpha value is -2.76. The third-order valence-electron chi connectivity index (χ3n) is 3.11. The van der Waals surface area contributed by atoms with E-state index in [0.717, 1.165) is 5.56 Å². The lowest BCUT2D eigenvalue weighted by atomic mass is 10.2. The molecule has 1 amide bonds. The summed E-state index contributed by atoms with van der Waals surface area (Å²) in [6.07, 6.45) is 3.97. The molecule has 1 aromatic carbocycles. The Morgan fingerprint density at radius 3 is 2.55 bits per heavy atom. The number of aryl methyl sites for hydroxylation is 1. The molecule has 0 radical (unpaired) electrons. The van der Waals surface area contributed by atoms with Crippen LogP contribution in [0.15, 0.2) is 36.7 Å². The maximum Gasteiger partial charge on any atom is 0.303 e. The number of hydrogen-bond donors (Lipinski definition) is 3. The number of amides is 1. The minimum Gasteiger partial charge on any atom is -0.494 e. The zero-order valence-electron chi connectivity index (χ0n) is 12.3. The first-order chi connectivity index (χ1) is 10.6. The molecule has 0 atom stereocenters. The highest BCUT2D eigenvalue weighted by Gasteiger charge is 2.09. The highest BCUT2D eigenvalue weighted by molar-refractivity contribution is 6.05. The predicted molar refractivity (Wildman–Crippen MR) is 82.3 cm³/mol. The minimum atomic E-state index is -0.832. The zero-order chi connectivity index (χ0) is 15.9. The fraction of sp³-hybridized carbons (Fsp3) is 0.250. The molecule has 0 unspecified atom stereocenters. The van der Waals surface area contributed by atoms with E-state index in [1.54, 1.807) is 36.7 Å². The van der Waals surface area contributed by atoms with Crippen LogP contribution in [0.3, 0.4) is 0 Å². The first-order valence-electron chi connectivity index (χ1n) is 6.95. The normalized spacial score (nSPS) is 10.2. The summed E-state index contributed by atoms with van der Waals surface area (Å²) >= 11 is 0. The van der Waals surface area contributed by atoms with Crippen molar-refractivity contribution < 1.29 is 19.4 Å². The molecule has 2 aromatic rings. The summed E-state index contributed by atoms with van der Waals surface area (Å²) in [6.45, 7) is 2.21. The Labute approximate surface area is 128 Å². The lowest BCUT2D eigenvalue weighted by Crippen LogP contribution is -2.12. The Bertz CT molecular complexity index is 646. The van der Waals surface area contributed by atoms with E-state index in [9.17, 15) is 9.59 Å². The molecule has 0 saturated heterocycles. The van der Waals surface area contributed by atoms with E-state index in [1.807, 2.05) is 6.92 Å². The van der Waals surface area contributed by atoms with Gasteiger partial charge in [-0.25, -0.2) is 0 Å². The third-order valence-corrected chi connectivity index (χ3v) is 3.11. The van der Waals surface area contributed by atoms with Gasteiger partial charge in [0.15, 0.2) is 0 Å². The van der Waals surface area contributed by atoms with Gasteiger partial charge in [-0.3, -0.25) is 9.59 Å². The van der Waals surface area contributed by atoms with Gasteiger partial charge in [-0.2, -0.15) is 0 Å². The summed E-state index contributed by atoms with van der Waals surface area (Å²) in [4.78, 5) is 25.3. The standard InChI is InChI=1S/C16H18N2O4/c1-11-9-17-10-14(11)16(21)18-12-4-6-13(7-5-12)22-8-2-3-15(19)20/h4-7,9-10,17H,2-3,8H2,1H3,(H,18,21)(H,19,20). The molecule has 6 heteroatoms. The Balaban J connectivity index is 1.85. The van der Waals surface area contributed by atoms with Gasteiger partial charge >= 0.3 is 5.97 Å². The quantitative estimate of drug-likeness (QED) is 0.686. The smallest absolute Gasteiger partial charge is 0.303 e. The van der Waals surface area contributed by atoms with Crippen molar-refractivity contribution in [1.82, 2.24) is 4.98 Å². The molecule has 0 fully saturated rings. The number of nitrogens with one attached hydrogen (secondary N) is 2. The molecule has 2 rings (SSSR count). The average molecular weight is 302 g/mol. The van der Waals surface area contributed by atoms with Gasteiger partial charge in [-0.15, -0.1) is 0 Å². The van der Waals surface area contributed by atoms with Crippen LogP contribution in [0.5, 0.6) is 5.75 Å². The molecular weight excluding hydrogens is 284 g/mol. The van der Waals surface area contributed by atoms with Gasteiger partial charge in [0, 0.05) is 24.5 Å². The van der Waals surface area contributed by atoms with Crippen molar-refractivity contribution in [1.29, 1.82) is 0 Å². The number of H-pyrrole nitrogens is 1. The maximum absolute atomic E-state index is 12.0. The van der Waals surface area contributed by atoms with E-state index in [2.05, 4.69) is 10.3 Å². The first-order valence-corrected chi connectivity index (χ1v) is 6.95. The number of aliphatic carboxylic acids is 1. The van der Waals surface area contributed by atoms with Gasteiger partial charge in [-0.1, -0.05) is 0 Å². The van der Waals surface area contributed by atoms with E-state index in [-0.39, 0.29) is 12.3 Å². The molecule has 6 nitrogen and oxygen atoms in total. The van der Waals surface area contributed by atoms with Gasteiger partial charge in [0.1, 0.15) is 5.75 Å². The van der Waals surface area contributed by atoms with Crippen LogP contribution >= 0.6 is 0 Å². The number of carbonyl (C=O) groups is 2. The van der Waals surface area contributed by atoms with Gasteiger partial charge in [0.05, 0.1) is 12.2 Å². The van der Waals surface area contributed by atoms with Crippen LogP contribution in [-0.2, 0) is 4.79 Å². The molecule has 1 heterocycles. The number of carboxylic acid groups (broad SMARTS) is 1. The lowest BCUT2D eigenvalue weighted by molar-refractivity contribution is -0.137. The minimum absolute atomic E-state index is 0.0875. The van der Waals surface area contributed by atoms with Gasteiger partial charge in [-0.05, 0) is 43.2 Å². The van der Waals surface area contributed by atoms with Crippen molar-refractivity contribution in [2.24, 2.45) is 0 Å². The number of anilines is 1. The monoisotopic (exact) mass is 302 g/mol. The molecule has 22 heavy (non-hydrogen) atoms. The summed E-state index contributed by atoms with van der Waals surface area (Å²) in [5.74, 6) is -0.364. The van der Waals surface area contributed by atoms with Gasteiger partial charge in [0.2, 0.25) is 0 Å². The van der Waals surface area contributed by atoms with Crippen LogP contribution in [-0.4, -0.2) is 28.6 Å². The Morgan fingerprint density at radius 1 is 1.23 bits per heavy atom. The number of carboxylic acids is 1. The number of carbonyl (C=O) groups excluding carboxylic acids is 1. The third kappa shape index (κ3) is 4.37. The van der Waals surface area contributed by atoms with E-state index in [1.165, 1.54) is 0 Å². The second kappa shape index (κ2) is 7.31. The summed E-state index contributed by atoms with van der Waals surface area (Å²) in [5.41, 5.74) is 2.16. The first kappa shape index (κ1) is 15.6. The number of ether oxygens (including phenoxy) is 1. The topological polar surface area (TPSA) is 91.4 Å². The highest BCUT2D eigenvalue weighted by Crippen LogP contribution is 2.17. The van der Waals surface area contributed by atoms with Crippen molar-refractivity contribution in [2.45, 2.75) is 19.8 Å². The molecule has 3 N–H and O–H groups in total. The number of aromatic nitrogens is 1. The van der Waals surface area contributed by atoms with Gasteiger partial charge in [0.25, 0.3) is 5.91 Å². The Kier molecular flexibility index (Phi) is 5.19. The molecule has 0 bridgehead atoms. The van der Waals surface area contributed by atoms with Crippen molar-refractivity contribution in [3.05, 3.63) is 47.8 Å². The fourth-order valence-electron chi connectivity index (χ4n) is 1.93. The summed E-state index contributed by atoms with van der Waals surface area (Å²) in [5, 5.41) is 11.3. The largest absolute Gasteiger partial charge is 0.494 e. The highest BCUT2D eigenvalue weighted by atomic mass is 16.5. The number of hydrogen-bond acceptors (Lipinski definition) is 3. The molecule has 0 spiro atoms. The number of rotatable bonds is 7. The molecule has 116 valence electrons. The maximum atomic E-state index is 12.0. The van der Waals surface area contributed by atoms with Crippen LogP contribution in [0.4, 0.5) is 5.69 Å². The molecule has 0 aliphatic heterocycles. The fourth-order valence-corrected chi connectivity index (χ4v) is 1.93. The van der Waals surface area contributed by atoms with E-state index in [4.69, 9.17) is 9.84 Å². The van der Waals surface area contributed by atoms with Crippen molar-refractivity contribution >= 4 is 17.6 Å². The Morgan fingerprint density at radius 2 is 1.95 bits per heavy atom. The van der Waals surface area contributed by atoms with Crippen molar-refractivity contribution in [3.8, 4) is 5.75 Å². The van der Waals surface area contributed by atoms with Crippen LogP contribution < -0.4 is 10.1 Å². The van der Waals surface area contributed by atoms with Crippen LogP contribution in [0.2, 0.25) is 0 Å². The summed E-state index contributed by atoms with van der Waals surface area (Å²) in [7, 11) is 0. The number of aromatic amines is 1. The second-order valence-corrected chi connectivity index (χ2v) is 4.88. The SMILES string of the molecule is Cc1c[nH]cc1C(=O)Nc1ccc(OCCCC(=O)O)cc1. The van der Waals surface area contributed by atoms with E-state index < -0.39 is 5.97 Å². The molecular formula is C16H18N2O4. The summed E-state index contributed by atoms with van der Waals surface area (Å²) < 4.78 is 5.43.